The molecule has 1 aromatic carbocycles. The van der Waals surface area contributed by atoms with Crippen molar-refractivity contribution in [2.75, 3.05) is 11.9 Å². The van der Waals surface area contributed by atoms with Gasteiger partial charge in [-0.3, -0.25) is 0 Å². The standard InChI is InChI=1S/C18H22F3N3O2.HI/c19-18(20,21)26-13-6-2-1-5-12(13)23-16(22)24-14-11-7-10-25-15(11)17(14)8-3-4-9-17;/h1-2,5-6,11,14-15H,3-4,7-10H2,(H3,22,23,24);1H. The fourth-order valence-electron chi connectivity index (χ4n) is 4.94. The molecule has 0 amide bonds. The first-order valence-corrected chi connectivity index (χ1v) is 8.96. The summed E-state index contributed by atoms with van der Waals surface area (Å²) in [6.45, 7) is 0.749. The van der Waals surface area contributed by atoms with Crippen molar-refractivity contribution >= 4 is 35.6 Å². The van der Waals surface area contributed by atoms with Gasteiger partial charge in [0.2, 0.25) is 0 Å². The number of halogens is 4. The predicted molar refractivity (Wildman–Crippen MR) is 106 cm³/mol. The first-order chi connectivity index (χ1) is 12.4. The molecule has 4 rings (SSSR count). The molecule has 1 aliphatic heterocycles. The Morgan fingerprint density at radius 1 is 1.26 bits per heavy atom. The van der Waals surface area contributed by atoms with Gasteiger partial charge in [0.05, 0.1) is 17.8 Å². The molecule has 1 spiro atoms. The zero-order valence-corrected chi connectivity index (χ0v) is 17.0. The van der Waals surface area contributed by atoms with E-state index < -0.39 is 6.36 Å². The number of benzene rings is 1. The van der Waals surface area contributed by atoms with E-state index in [1.54, 1.807) is 6.07 Å². The summed E-state index contributed by atoms with van der Waals surface area (Å²) in [7, 11) is 0. The minimum atomic E-state index is -4.76. The molecule has 0 bridgehead atoms. The highest BCUT2D eigenvalue weighted by Crippen LogP contribution is 2.62. The van der Waals surface area contributed by atoms with E-state index in [4.69, 9.17) is 10.5 Å². The number of guanidine groups is 1. The number of hydrogen-bond acceptors (Lipinski definition) is 3. The van der Waals surface area contributed by atoms with Crippen molar-refractivity contribution in [3.63, 3.8) is 0 Å². The summed E-state index contributed by atoms with van der Waals surface area (Å²) in [5, 5.41) is 2.78. The van der Waals surface area contributed by atoms with Crippen LogP contribution >= 0.6 is 24.0 Å². The molecule has 0 radical (unpaired) electrons. The van der Waals surface area contributed by atoms with Crippen molar-refractivity contribution in [1.29, 1.82) is 0 Å². The molecule has 1 heterocycles. The molecule has 3 N–H and O–H groups in total. The van der Waals surface area contributed by atoms with Crippen LogP contribution in [0.2, 0.25) is 0 Å². The molecule has 1 aromatic rings. The van der Waals surface area contributed by atoms with Gasteiger partial charge in [-0.1, -0.05) is 25.0 Å². The first-order valence-electron chi connectivity index (χ1n) is 8.96. The molecule has 3 aliphatic rings. The number of fused-ring (bicyclic) bond motifs is 2. The second kappa shape index (κ2) is 7.65. The smallest absolute Gasteiger partial charge is 0.404 e. The van der Waals surface area contributed by atoms with Crippen molar-refractivity contribution in [2.45, 2.75) is 50.6 Å². The third-order valence-electron chi connectivity index (χ3n) is 5.89. The largest absolute Gasteiger partial charge is 0.573 e. The van der Waals surface area contributed by atoms with Crippen LogP contribution in [0.5, 0.6) is 5.75 Å². The molecule has 3 unspecified atom stereocenters. The predicted octanol–water partition coefficient (Wildman–Crippen LogP) is 4.28. The average molecular weight is 497 g/mol. The zero-order chi connectivity index (χ0) is 18.4. The minimum Gasteiger partial charge on any atom is -0.404 e. The van der Waals surface area contributed by atoms with Gasteiger partial charge in [0, 0.05) is 17.9 Å². The fourth-order valence-corrected chi connectivity index (χ4v) is 4.94. The van der Waals surface area contributed by atoms with E-state index in [9.17, 15) is 13.2 Å². The lowest BCUT2D eigenvalue weighted by Crippen LogP contribution is -2.61. The molecule has 3 fully saturated rings. The summed E-state index contributed by atoms with van der Waals surface area (Å²) in [6.07, 6.45) is 0.920. The maximum absolute atomic E-state index is 12.6. The summed E-state index contributed by atoms with van der Waals surface area (Å²) < 4.78 is 47.6. The number of aliphatic imine (C=N–C) groups is 1. The molecule has 150 valence electrons. The Bertz CT molecular complexity index is 707. The van der Waals surface area contributed by atoms with Gasteiger partial charge in [0.25, 0.3) is 0 Å². The van der Waals surface area contributed by atoms with Gasteiger partial charge in [-0.2, -0.15) is 0 Å². The lowest BCUT2D eigenvalue weighted by molar-refractivity contribution is -0.274. The Morgan fingerprint density at radius 3 is 2.67 bits per heavy atom. The summed E-state index contributed by atoms with van der Waals surface area (Å²) in [6, 6.07) is 5.88. The van der Waals surface area contributed by atoms with E-state index in [1.165, 1.54) is 18.2 Å². The van der Waals surface area contributed by atoms with Crippen molar-refractivity contribution in [3.8, 4) is 5.75 Å². The van der Waals surface area contributed by atoms with Gasteiger partial charge in [0.15, 0.2) is 11.7 Å². The fraction of sp³-hybridized carbons (Fsp3) is 0.611. The number of alkyl halides is 3. The normalized spacial score (nSPS) is 29.0. The van der Waals surface area contributed by atoms with Crippen LogP contribution in [0.15, 0.2) is 29.3 Å². The first kappa shape index (κ1) is 20.5. The zero-order valence-electron chi connectivity index (χ0n) is 14.7. The highest BCUT2D eigenvalue weighted by molar-refractivity contribution is 14.0. The SMILES string of the molecule is I.NC(=NC1C2CCOC2C12CCCC2)Nc1ccccc1OC(F)(F)F. The van der Waals surface area contributed by atoms with Crippen LogP contribution in [-0.4, -0.2) is 31.1 Å². The number of para-hydroxylation sites is 2. The van der Waals surface area contributed by atoms with Gasteiger partial charge in [-0.05, 0) is 31.4 Å². The average Bonchev–Trinajstić information content (AvgIpc) is 3.22. The van der Waals surface area contributed by atoms with Crippen LogP contribution < -0.4 is 15.8 Å². The molecular weight excluding hydrogens is 474 g/mol. The maximum atomic E-state index is 12.6. The highest BCUT2D eigenvalue weighted by atomic mass is 127. The minimum absolute atomic E-state index is 0. The van der Waals surface area contributed by atoms with E-state index in [0.717, 1.165) is 38.7 Å². The topological polar surface area (TPSA) is 68.9 Å². The molecule has 27 heavy (non-hydrogen) atoms. The second-order valence-electron chi connectivity index (χ2n) is 7.31. The summed E-state index contributed by atoms with van der Waals surface area (Å²) in [5.74, 6) is 0.143. The maximum Gasteiger partial charge on any atom is 0.573 e. The molecular formula is C18H23F3IN3O2. The number of nitrogens with two attached hydrogens (primary N) is 1. The number of nitrogens with one attached hydrogen (secondary N) is 1. The molecule has 2 saturated carbocycles. The van der Waals surface area contributed by atoms with Crippen LogP contribution in [0.1, 0.15) is 32.1 Å². The second-order valence-corrected chi connectivity index (χ2v) is 7.31. The summed E-state index contributed by atoms with van der Waals surface area (Å²) in [4.78, 5) is 4.66. The van der Waals surface area contributed by atoms with E-state index >= 15 is 0 Å². The molecule has 9 heteroatoms. The molecule has 5 nitrogen and oxygen atoms in total. The number of hydrogen-bond donors (Lipinski definition) is 2. The quantitative estimate of drug-likeness (QED) is 0.372. The van der Waals surface area contributed by atoms with E-state index in [0.29, 0.717) is 5.92 Å². The van der Waals surface area contributed by atoms with Gasteiger partial charge < -0.3 is 20.5 Å². The Balaban J connectivity index is 0.00000210. The lowest BCUT2D eigenvalue weighted by Gasteiger charge is -2.54. The van der Waals surface area contributed by atoms with Crippen molar-refractivity contribution in [2.24, 2.45) is 22.1 Å². The number of rotatable bonds is 3. The van der Waals surface area contributed by atoms with Crippen LogP contribution in [0.4, 0.5) is 18.9 Å². The van der Waals surface area contributed by atoms with Crippen molar-refractivity contribution < 1.29 is 22.6 Å². The third-order valence-corrected chi connectivity index (χ3v) is 5.89. The molecule has 1 saturated heterocycles. The van der Waals surface area contributed by atoms with E-state index in [1.807, 2.05) is 0 Å². The Morgan fingerprint density at radius 2 is 1.96 bits per heavy atom. The van der Waals surface area contributed by atoms with E-state index in [-0.39, 0.29) is 58.9 Å². The van der Waals surface area contributed by atoms with Crippen LogP contribution in [0.25, 0.3) is 0 Å². The molecule has 3 atom stereocenters. The van der Waals surface area contributed by atoms with E-state index in [2.05, 4.69) is 15.0 Å². The number of anilines is 1. The number of nitrogens with zero attached hydrogens (tertiary/aromatic N) is 1. The van der Waals surface area contributed by atoms with Crippen molar-refractivity contribution in [3.05, 3.63) is 24.3 Å². The van der Waals surface area contributed by atoms with Crippen LogP contribution in [0, 0.1) is 11.3 Å². The Labute approximate surface area is 172 Å². The van der Waals surface area contributed by atoms with Crippen LogP contribution in [0.3, 0.4) is 0 Å². The van der Waals surface area contributed by atoms with Gasteiger partial charge in [-0.25, -0.2) is 4.99 Å². The highest BCUT2D eigenvalue weighted by Gasteiger charge is 2.65. The van der Waals surface area contributed by atoms with Gasteiger partial charge in [-0.15, -0.1) is 37.1 Å². The Kier molecular flexibility index (Phi) is 5.81. The third kappa shape index (κ3) is 3.85. The van der Waals surface area contributed by atoms with Gasteiger partial charge in [0.1, 0.15) is 0 Å². The number of ether oxygens (including phenoxy) is 2. The molecule has 0 aromatic heterocycles. The molecule has 2 aliphatic carbocycles. The monoisotopic (exact) mass is 497 g/mol. The van der Waals surface area contributed by atoms with Gasteiger partial charge >= 0.3 is 6.36 Å². The lowest BCUT2D eigenvalue weighted by atomic mass is 9.54. The summed E-state index contributed by atoms with van der Waals surface area (Å²) in [5.41, 5.74) is 6.24. The summed E-state index contributed by atoms with van der Waals surface area (Å²) >= 11 is 0. The van der Waals surface area contributed by atoms with Crippen LogP contribution in [-0.2, 0) is 4.74 Å². The van der Waals surface area contributed by atoms with Crippen molar-refractivity contribution in [1.82, 2.24) is 0 Å². The Hall–Kier alpha value is -1.23.